The molecule has 0 radical (unpaired) electrons. The van der Waals surface area contributed by atoms with Crippen molar-refractivity contribution in [2.24, 2.45) is 5.73 Å². The molecule has 138 valence electrons. The Balaban J connectivity index is 0.00000529. The lowest BCUT2D eigenvalue weighted by atomic mass is 9.94. The first-order valence-corrected chi connectivity index (χ1v) is 6.24. The van der Waals surface area contributed by atoms with Gasteiger partial charge in [0.2, 0.25) is 6.17 Å². The van der Waals surface area contributed by atoms with Gasteiger partial charge in [0.25, 0.3) is 0 Å². The van der Waals surface area contributed by atoms with Crippen LogP contribution in [0.2, 0.25) is 0 Å². The van der Waals surface area contributed by atoms with E-state index in [-0.39, 0.29) is 37.2 Å². The maximum absolute atomic E-state index is 13.8. The maximum atomic E-state index is 13.8. The lowest BCUT2D eigenvalue weighted by Crippen LogP contribution is -2.33. The van der Waals surface area contributed by atoms with Gasteiger partial charge in [0, 0.05) is 0 Å². The summed E-state index contributed by atoms with van der Waals surface area (Å²) in [7, 11) is 0. The molecule has 11 heteroatoms. The molecule has 0 saturated heterocycles. The van der Waals surface area contributed by atoms with E-state index < -0.39 is 47.2 Å². The van der Waals surface area contributed by atoms with Crippen molar-refractivity contribution >= 4 is 18.4 Å². The summed E-state index contributed by atoms with van der Waals surface area (Å²) in [6.07, 6.45) is -12.8. The molecule has 2 N–H and O–H groups in total. The van der Waals surface area contributed by atoms with Crippen LogP contribution in [-0.4, -0.2) is 18.7 Å². The smallest absolute Gasteiger partial charge is 0.416 e. The number of alkyl halides is 7. The Kier molecular flexibility index (Phi) is 7.50. The zero-order chi connectivity index (χ0) is 18.0. The lowest BCUT2D eigenvalue weighted by Gasteiger charge is -2.22. The van der Waals surface area contributed by atoms with E-state index in [0.29, 0.717) is 0 Å². The number of nitrogens with two attached hydrogens (primary N) is 1. The molecule has 1 aromatic rings. The van der Waals surface area contributed by atoms with Crippen LogP contribution in [0.4, 0.5) is 30.7 Å². The van der Waals surface area contributed by atoms with Gasteiger partial charge in [0.05, 0.1) is 23.8 Å². The van der Waals surface area contributed by atoms with Crippen LogP contribution in [0.1, 0.15) is 29.7 Å². The highest BCUT2D eigenvalue weighted by Gasteiger charge is 2.40. The summed E-state index contributed by atoms with van der Waals surface area (Å²) in [6.45, 7) is 1.06. The number of carbonyl (C=O) groups excluding carboxylic acids is 1. The van der Waals surface area contributed by atoms with Gasteiger partial charge in [-0.25, -0.2) is 9.18 Å². The molecule has 0 aliphatic rings. The van der Waals surface area contributed by atoms with Gasteiger partial charge in [0.1, 0.15) is 0 Å². The van der Waals surface area contributed by atoms with E-state index in [2.05, 4.69) is 4.74 Å². The Morgan fingerprint density at radius 3 is 2.12 bits per heavy atom. The third-order valence-corrected chi connectivity index (χ3v) is 2.87. The summed E-state index contributed by atoms with van der Waals surface area (Å²) in [6, 6.07) is -1.82. The van der Waals surface area contributed by atoms with Gasteiger partial charge in [-0.1, -0.05) is 0 Å². The van der Waals surface area contributed by atoms with Crippen LogP contribution in [-0.2, 0) is 21.9 Å². The van der Waals surface area contributed by atoms with Crippen molar-refractivity contribution in [2.45, 2.75) is 31.5 Å². The quantitative estimate of drug-likeness (QED) is 0.630. The second-order valence-electron chi connectivity index (χ2n) is 4.48. The van der Waals surface area contributed by atoms with Gasteiger partial charge >= 0.3 is 18.3 Å². The van der Waals surface area contributed by atoms with Crippen molar-refractivity contribution in [1.29, 1.82) is 0 Å². The molecule has 0 aromatic heterocycles. The Labute approximate surface area is 138 Å². The SMILES string of the molecule is CCOC(=O)C(F)[C@H](N)c1cc(C(F)(F)F)ccc1C(F)(F)F.Cl. The predicted molar refractivity (Wildman–Crippen MR) is 72.2 cm³/mol. The Morgan fingerprint density at radius 2 is 1.71 bits per heavy atom. The maximum Gasteiger partial charge on any atom is 0.416 e. The van der Waals surface area contributed by atoms with Gasteiger partial charge in [-0.2, -0.15) is 26.3 Å². The van der Waals surface area contributed by atoms with Crippen LogP contribution in [0.15, 0.2) is 18.2 Å². The van der Waals surface area contributed by atoms with Gasteiger partial charge in [-0.05, 0) is 30.7 Å². The minimum atomic E-state index is -5.06. The molecule has 0 aliphatic heterocycles. The van der Waals surface area contributed by atoms with Crippen molar-refractivity contribution in [1.82, 2.24) is 0 Å². The minimum Gasteiger partial charge on any atom is -0.464 e. The first-order valence-electron chi connectivity index (χ1n) is 6.24. The molecule has 3 nitrogen and oxygen atoms in total. The standard InChI is InChI=1S/C13H12F7NO2.ClH/c1-2-23-11(22)9(14)10(21)7-5-6(12(15,16)17)3-4-8(7)13(18,19)20;/h3-5,9-10H,2,21H2,1H3;1H/t9?,10-;/m1./s1. The normalized spacial score (nSPS) is 14.5. The molecule has 0 saturated carbocycles. The molecule has 0 amide bonds. The van der Waals surface area contributed by atoms with Crippen LogP contribution in [0.5, 0.6) is 0 Å². The van der Waals surface area contributed by atoms with E-state index in [9.17, 15) is 35.5 Å². The molecular formula is C13H13ClF7NO2. The summed E-state index contributed by atoms with van der Waals surface area (Å²) in [5.41, 5.74) is 1.07. The van der Waals surface area contributed by atoms with E-state index in [1.54, 1.807) is 0 Å². The highest BCUT2D eigenvalue weighted by Crippen LogP contribution is 2.39. The van der Waals surface area contributed by atoms with Gasteiger partial charge < -0.3 is 10.5 Å². The minimum absolute atomic E-state index is 0. The van der Waals surface area contributed by atoms with Crippen molar-refractivity contribution in [3.05, 3.63) is 34.9 Å². The number of benzene rings is 1. The van der Waals surface area contributed by atoms with Crippen LogP contribution in [0.3, 0.4) is 0 Å². The van der Waals surface area contributed by atoms with Crippen LogP contribution < -0.4 is 5.73 Å². The molecular weight excluding hydrogens is 371 g/mol. The summed E-state index contributed by atoms with van der Waals surface area (Å²) < 4.78 is 94.6. The molecule has 0 bridgehead atoms. The topological polar surface area (TPSA) is 52.3 Å². The fraction of sp³-hybridized carbons (Fsp3) is 0.462. The number of hydrogen-bond acceptors (Lipinski definition) is 3. The van der Waals surface area contributed by atoms with Gasteiger partial charge in [0.15, 0.2) is 0 Å². The summed E-state index contributed by atoms with van der Waals surface area (Å²) in [5, 5.41) is 0. The van der Waals surface area contributed by atoms with Gasteiger partial charge in [-0.3, -0.25) is 0 Å². The highest BCUT2D eigenvalue weighted by molar-refractivity contribution is 5.85. The fourth-order valence-corrected chi connectivity index (χ4v) is 1.80. The van der Waals surface area contributed by atoms with E-state index in [1.165, 1.54) is 6.92 Å². The zero-order valence-corrected chi connectivity index (χ0v) is 12.9. The monoisotopic (exact) mass is 383 g/mol. The Bertz CT molecular complexity index is 574. The molecule has 0 aliphatic carbocycles. The van der Waals surface area contributed by atoms with E-state index in [4.69, 9.17) is 5.73 Å². The molecule has 1 unspecified atom stereocenters. The summed E-state index contributed by atoms with van der Waals surface area (Å²) in [4.78, 5) is 11.2. The van der Waals surface area contributed by atoms with Crippen molar-refractivity contribution in [2.75, 3.05) is 6.61 Å². The molecule has 1 aromatic carbocycles. The molecule has 1 rings (SSSR count). The third kappa shape index (κ3) is 5.23. The van der Waals surface area contributed by atoms with Crippen molar-refractivity contribution in [3.63, 3.8) is 0 Å². The average molecular weight is 384 g/mol. The fourth-order valence-electron chi connectivity index (χ4n) is 1.80. The second-order valence-corrected chi connectivity index (χ2v) is 4.48. The molecule has 2 atom stereocenters. The summed E-state index contributed by atoms with van der Waals surface area (Å²) in [5.74, 6) is -1.55. The summed E-state index contributed by atoms with van der Waals surface area (Å²) >= 11 is 0. The highest BCUT2D eigenvalue weighted by atomic mass is 35.5. The molecule has 0 spiro atoms. The zero-order valence-electron chi connectivity index (χ0n) is 12.0. The largest absolute Gasteiger partial charge is 0.464 e. The number of rotatable bonds is 4. The van der Waals surface area contributed by atoms with E-state index >= 15 is 0 Å². The predicted octanol–water partition coefficient (Wildman–Crippen LogP) is 4.05. The second kappa shape index (κ2) is 8.02. The molecule has 0 fully saturated rings. The Morgan fingerprint density at radius 1 is 1.17 bits per heavy atom. The molecule has 0 heterocycles. The number of carbonyl (C=O) groups is 1. The van der Waals surface area contributed by atoms with Crippen molar-refractivity contribution < 1.29 is 40.3 Å². The first kappa shape index (κ1) is 22.4. The van der Waals surface area contributed by atoms with Crippen LogP contribution in [0, 0.1) is 0 Å². The number of halogens is 8. The third-order valence-electron chi connectivity index (χ3n) is 2.87. The van der Waals surface area contributed by atoms with Gasteiger partial charge in [-0.15, -0.1) is 12.4 Å². The Hall–Kier alpha value is -1.55. The molecule has 24 heavy (non-hydrogen) atoms. The van der Waals surface area contributed by atoms with E-state index in [0.717, 1.165) is 0 Å². The van der Waals surface area contributed by atoms with Crippen molar-refractivity contribution in [3.8, 4) is 0 Å². The average Bonchev–Trinajstić information content (AvgIpc) is 2.43. The first-order chi connectivity index (χ1) is 10.4. The van der Waals surface area contributed by atoms with Crippen LogP contribution >= 0.6 is 12.4 Å². The number of hydrogen-bond donors (Lipinski definition) is 1. The van der Waals surface area contributed by atoms with Crippen LogP contribution in [0.25, 0.3) is 0 Å². The lowest BCUT2D eigenvalue weighted by molar-refractivity contribution is -0.150. The number of ether oxygens (including phenoxy) is 1. The number of esters is 1. The van der Waals surface area contributed by atoms with E-state index in [1.807, 2.05) is 0 Å².